The molecular formula is C25H21F3N4O3S. The summed E-state index contributed by atoms with van der Waals surface area (Å²) in [7, 11) is -2.60. The molecule has 0 spiro atoms. The Balaban J connectivity index is 1.64. The predicted octanol–water partition coefficient (Wildman–Crippen LogP) is 4.84. The number of halogens is 3. The first-order valence-electron chi connectivity index (χ1n) is 10.7. The summed E-state index contributed by atoms with van der Waals surface area (Å²) in [5.74, 6) is -0.566. The number of pyridine rings is 1. The van der Waals surface area contributed by atoms with Crippen LogP contribution in [0.4, 0.5) is 24.5 Å². The van der Waals surface area contributed by atoms with Crippen molar-refractivity contribution in [3.8, 4) is 0 Å². The molecule has 0 saturated carbocycles. The zero-order chi connectivity index (χ0) is 25.9. The molecule has 36 heavy (non-hydrogen) atoms. The molecule has 0 aliphatic heterocycles. The van der Waals surface area contributed by atoms with Crippen LogP contribution in [0.1, 0.15) is 21.5 Å². The zero-order valence-corrected chi connectivity index (χ0v) is 19.7. The number of anilines is 2. The van der Waals surface area contributed by atoms with Crippen molar-refractivity contribution in [1.82, 2.24) is 15.0 Å². The Morgan fingerprint density at radius 1 is 1.00 bits per heavy atom. The van der Waals surface area contributed by atoms with Crippen LogP contribution >= 0.6 is 0 Å². The minimum atomic E-state index is -4.48. The van der Waals surface area contributed by atoms with Crippen LogP contribution in [0.5, 0.6) is 0 Å². The highest BCUT2D eigenvalue weighted by Gasteiger charge is 2.30. The molecule has 0 fully saturated rings. The molecule has 4 aromatic rings. The van der Waals surface area contributed by atoms with Gasteiger partial charge in [-0.05, 0) is 66.5 Å². The number of hydrogen-bond donors (Lipinski definition) is 3. The van der Waals surface area contributed by atoms with E-state index < -0.39 is 27.7 Å². The third-order valence-electron chi connectivity index (χ3n) is 5.52. The number of amides is 1. The van der Waals surface area contributed by atoms with Crippen LogP contribution in [0.3, 0.4) is 0 Å². The third-order valence-corrected chi connectivity index (χ3v) is 6.93. The van der Waals surface area contributed by atoms with Gasteiger partial charge in [-0.3, -0.25) is 9.78 Å². The number of alkyl halides is 3. The average Bonchev–Trinajstić information content (AvgIpc) is 2.87. The van der Waals surface area contributed by atoms with Gasteiger partial charge in [-0.1, -0.05) is 18.2 Å². The minimum absolute atomic E-state index is 0.00752. The van der Waals surface area contributed by atoms with Crippen LogP contribution in [0.25, 0.3) is 10.8 Å². The molecule has 11 heteroatoms. The van der Waals surface area contributed by atoms with E-state index in [-0.39, 0.29) is 22.7 Å². The molecule has 1 heterocycles. The van der Waals surface area contributed by atoms with Crippen LogP contribution in [-0.2, 0) is 22.7 Å². The fraction of sp³-hybridized carbons (Fsp3) is 0.120. The lowest BCUT2D eigenvalue weighted by Gasteiger charge is -2.15. The van der Waals surface area contributed by atoms with Gasteiger partial charge in [0.1, 0.15) is 0 Å². The fourth-order valence-corrected chi connectivity index (χ4v) is 4.37. The Labute approximate surface area is 205 Å². The van der Waals surface area contributed by atoms with Gasteiger partial charge >= 0.3 is 6.18 Å². The number of benzene rings is 3. The summed E-state index contributed by atoms with van der Waals surface area (Å²) in [6.07, 6.45) is -1.13. The second-order valence-electron chi connectivity index (χ2n) is 7.81. The summed E-state index contributed by atoms with van der Waals surface area (Å²) < 4.78 is 65.5. The van der Waals surface area contributed by atoms with Gasteiger partial charge in [0, 0.05) is 30.0 Å². The van der Waals surface area contributed by atoms with Crippen LogP contribution in [0.15, 0.2) is 84.0 Å². The molecule has 0 unspecified atom stereocenters. The van der Waals surface area contributed by atoms with Crippen molar-refractivity contribution < 1.29 is 26.4 Å². The van der Waals surface area contributed by atoms with Gasteiger partial charge in [0.2, 0.25) is 10.0 Å². The second kappa shape index (κ2) is 9.96. The van der Waals surface area contributed by atoms with Gasteiger partial charge in [0.05, 0.1) is 21.7 Å². The van der Waals surface area contributed by atoms with Crippen molar-refractivity contribution in [3.63, 3.8) is 0 Å². The number of nitrogens with zero attached hydrogens (tertiary/aromatic N) is 1. The summed E-state index contributed by atoms with van der Waals surface area (Å²) in [6, 6.07) is 15.6. The normalized spacial score (nSPS) is 11.9. The maximum Gasteiger partial charge on any atom is 0.416 e. The monoisotopic (exact) mass is 514 g/mol. The Bertz CT molecular complexity index is 1520. The molecule has 0 radical (unpaired) electrons. The molecule has 4 rings (SSSR count). The predicted molar refractivity (Wildman–Crippen MR) is 130 cm³/mol. The van der Waals surface area contributed by atoms with Crippen LogP contribution < -0.4 is 15.4 Å². The highest BCUT2D eigenvalue weighted by atomic mass is 32.2. The maximum atomic E-state index is 13.2. The first-order chi connectivity index (χ1) is 17.1. The topological polar surface area (TPSA) is 100 Å². The maximum absolute atomic E-state index is 13.2. The first kappa shape index (κ1) is 25.1. The molecule has 0 bridgehead atoms. The van der Waals surface area contributed by atoms with Crippen molar-refractivity contribution in [3.05, 3.63) is 95.8 Å². The number of aromatic nitrogens is 1. The standard InChI is InChI=1S/C25H21F3N4O3S/c1-29-36(34,35)20-9-10-23(32-19-7-5-18(6-8-19)25(26,27)28)22(13-20)24(33)31-15-17-4-2-3-16-14-30-12-11-21(16)17/h2-14,29,32H,15H2,1H3,(H,31,33). The lowest BCUT2D eigenvalue weighted by atomic mass is 10.1. The van der Waals surface area contributed by atoms with E-state index in [1.165, 1.54) is 37.4 Å². The molecule has 186 valence electrons. The van der Waals surface area contributed by atoms with Gasteiger partial charge in [0.15, 0.2) is 0 Å². The van der Waals surface area contributed by atoms with E-state index in [1.54, 1.807) is 12.4 Å². The van der Waals surface area contributed by atoms with Crippen molar-refractivity contribution in [2.75, 3.05) is 12.4 Å². The number of fused-ring (bicyclic) bond motifs is 1. The van der Waals surface area contributed by atoms with Gasteiger partial charge in [0.25, 0.3) is 5.91 Å². The van der Waals surface area contributed by atoms with Gasteiger partial charge in [-0.15, -0.1) is 0 Å². The lowest BCUT2D eigenvalue weighted by Crippen LogP contribution is -2.25. The van der Waals surface area contributed by atoms with Crippen molar-refractivity contribution in [2.24, 2.45) is 0 Å². The molecule has 3 aromatic carbocycles. The molecule has 0 atom stereocenters. The van der Waals surface area contributed by atoms with Crippen LogP contribution in [0.2, 0.25) is 0 Å². The van der Waals surface area contributed by atoms with E-state index >= 15 is 0 Å². The van der Waals surface area contributed by atoms with Gasteiger partial charge in [-0.25, -0.2) is 13.1 Å². The Morgan fingerprint density at radius 3 is 2.44 bits per heavy atom. The van der Waals surface area contributed by atoms with E-state index in [1.807, 2.05) is 24.3 Å². The van der Waals surface area contributed by atoms with E-state index in [9.17, 15) is 26.4 Å². The number of hydrogen-bond acceptors (Lipinski definition) is 5. The summed E-state index contributed by atoms with van der Waals surface area (Å²) in [4.78, 5) is 17.1. The molecule has 1 aromatic heterocycles. The molecule has 0 saturated heterocycles. The Kier molecular flexibility index (Phi) is 6.95. The molecule has 3 N–H and O–H groups in total. The summed E-state index contributed by atoms with van der Waals surface area (Å²) in [5, 5.41) is 7.50. The van der Waals surface area contributed by atoms with Crippen molar-refractivity contribution >= 4 is 38.1 Å². The quantitative estimate of drug-likeness (QED) is 0.328. The van der Waals surface area contributed by atoms with Gasteiger partial charge in [-0.2, -0.15) is 13.2 Å². The number of nitrogens with one attached hydrogen (secondary N) is 3. The number of carbonyl (C=O) groups is 1. The average molecular weight is 515 g/mol. The number of sulfonamides is 1. The zero-order valence-electron chi connectivity index (χ0n) is 18.9. The van der Waals surface area contributed by atoms with E-state index in [0.29, 0.717) is 5.69 Å². The van der Waals surface area contributed by atoms with E-state index in [2.05, 4.69) is 20.3 Å². The first-order valence-corrected chi connectivity index (χ1v) is 12.2. The Hall–Kier alpha value is -3.96. The van der Waals surface area contributed by atoms with Crippen LogP contribution in [-0.4, -0.2) is 26.4 Å². The molecule has 1 amide bonds. The minimum Gasteiger partial charge on any atom is -0.355 e. The van der Waals surface area contributed by atoms with Crippen LogP contribution in [0, 0.1) is 0 Å². The molecule has 0 aliphatic rings. The Morgan fingerprint density at radius 2 is 1.75 bits per heavy atom. The molecule has 0 aliphatic carbocycles. The smallest absolute Gasteiger partial charge is 0.355 e. The lowest BCUT2D eigenvalue weighted by molar-refractivity contribution is -0.137. The summed E-state index contributed by atoms with van der Waals surface area (Å²) in [5.41, 5.74) is 0.548. The summed E-state index contributed by atoms with van der Waals surface area (Å²) >= 11 is 0. The highest BCUT2D eigenvalue weighted by Crippen LogP contribution is 2.31. The molecular weight excluding hydrogens is 493 g/mol. The highest BCUT2D eigenvalue weighted by molar-refractivity contribution is 7.89. The largest absolute Gasteiger partial charge is 0.416 e. The third kappa shape index (κ3) is 5.47. The van der Waals surface area contributed by atoms with E-state index in [0.717, 1.165) is 28.5 Å². The SMILES string of the molecule is CNS(=O)(=O)c1ccc(Nc2ccc(C(F)(F)F)cc2)c(C(=O)NCc2cccc3cnccc23)c1. The fourth-order valence-electron chi connectivity index (χ4n) is 3.62. The van der Waals surface area contributed by atoms with Crippen molar-refractivity contribution in [2.45, 2.75) is 17.6 Å². The number of carbonyl (C=O) groups excluding carboxylic acids is 1. The molecule has 7 nitrogen and oxygen atoms in total. The van der Waals surface area contributed by atoms with E-state index in [4.69, 9.17) is 0 Å². The number of rotatable bonds is 7. The van der Waals surface area contributed by atoms with Gasteiger partial charge < -0.3 is 10.6 Å². The second-order valence-corrected chi connectivity index (χ2v) is 9.70. The summed E-state index contributed by atoms with van der Waals surface area (Å²) in [6.45, 7) is 0.156. The van der Waals surface area contributed by atoms with Crippen molar-refractivity contribution in [1.29, 1.82) is 0 Å².